The van der Waals surface area contributed by atoms with Crippen molar-refractivity contribution in [3.63, 3.8) is 0 Å². The maximum Gasteiger partial charge on any atom is 0.134 e. The van der Waals surface area contributed by atoms with E-state index >= 15 is 0 Å². The molecule has 0 saturated heterocycles. The zero-order valence-corrected chi connectivity index (χ0v) is 14.2. The lowest BCUT2D eigenvalue weighted by atomic mass is 10.0. The van der Waals surface area contributed by atoms with Gasteiger partial charge in [-0.25, -0.2) is 0 Å². The van der Waals surface area contributed by atoms with Crippen molar-refractivity contribution >= 4 is 27.3 Å². The first-order valence-electron chi connectivity index (χ1n) is 6.39. The van der Waals surface area contributed by atoms with E-state index in [1.807, 2.05) is 12.1 Å². The van der Waals surface area contributed by atoms with Crippen molar-refractivity contribution in [2.24, 2.45) is 0 Å². The van der Waals surface area contributed by atoms with Crippen LogP contribution in [0.15, 0.2) is 34.1 Å². The Bertz CT molecular complexity index is 571. The zero-order valence-electron chi connectivity index (χ0n) is 11.8. The maximum atomic E-state index is 5.44. The molecule has 1 atom stereocenters. The minimum Gasteiger partial charge on any atom is -0.496 e. The summed E-state index contributed by atoms with van der Waals surface area (Å²) in [5.74, 6) is 1.76. The topological polar surface area (TPSA) is 30.5 Å². The molecule has 3 nitrogen and oxygen atoms in total. The van der Waals surface area contributed by atoms with Gasteiger partial charge in [0.25, 0.3) is 0 Å². The van der Waals surface area contributed by atoms with E-state index in [9.17, 15) is 0 Å². The van der Waals surface area contributed by atoms with Gasteiger partial charge in [-0.2, -0.15) is 0 Å². The summed E-state index contributed by atoms with van der Waals surface area (Å²) in [5, 5.41) is 5.56. The van der Waals surface area contributed by atoms with Gasteiger partial charge in [0.15, 0.2) is 0 Å². The molecule has 0 saturated carbocycles. The van der Waals surface area contributed by atoms with Crippen molar-refractivity contribution in [3.05, 3.63) is 44.6 Å². The van der Waals surface area contributed by atoms with Crippen LogP contribution in [-0.4, -0.2) is 20.8 Å². The zero-order chi connectivity index (χ0) is 14.5. The van der Waals surface area contributed by atoms with E-state index < -0.39 is 0 Å². The van der Waals surface area contributed by atoms with Gasteiger partial charge in [0.2, 0.25) is 0 Å². The molecule has 0 spiro atoms. The molecule has 1 heterocycles. The lowest BCUT2D eigenvalue weighted by molar-refractivity contribution is 0.407. The molecule has 0 aliphatic heterocycles. The number of rotatable bonds is 6. The van der Waals surface area contributed by atoms with Gasteiger partial charge >= 0.3 is 0 Å². The lowest BCUT2D eigenvalue weighted by Gasteiger charge is -2.19. The van der Waals surface area contributed by atoms with Crippen molar-refractivity contribution in [2.45, 2.75) is 13.0 Å². The van der Waals surface area contributed by atoms with E-state index in [-0.39, 0.29) is 6.04 Å². The predicted molar refractivity (Wildman–Crippen MR) is 87.1 cm³/mol. The molecular weight excluding hydrogens is 338 g/mol. The Morgan fingerprint density at radius 2 is 1.95 bits per heavy atom. The molecule has 2 aromatic rings. The number of hydrogen-bond acceptors (Lipinski definition) is 4. The van der Waals surface area contributed by atoms with Gasteiger partial charge in [0.05, 0.1) is 29.6 Å². The van der Waals surface area contributed by atoms with E-state index in [1.54, 1.807) is 25.6 Å². The van der Waals surface area contributed by atoms with Crippen LogP contribution < -0.4 is 14.8 Å². The third-order valence-electron chi connectivity index (χ3n) is 3.06. The van der Waals surface area contributed by atoms with Crippen molar-refractivity contribution in [1.29, 1.82) is 0 Å². The first kappa shape index (κ1) is 15.4. The summed E-state index contributed by atoms with van der Waals surface area (Å²) in [6.45, 7) is 2.99. The second-order valence-electron chi connectivity index (χ2n) is 4.24. The van der Waals surface area contributed by atoms with Gasteiger partial charge in [0.1, 0.15) is 11.5 Å². The highest BCUT2D eigenvalue weighted by Crippen LogP contribution is 2.37. The summed E-state index contributed by atoms with van der Waals surface area (Å²) in [6.07, 6.45) is 0. The van der Waals surface area contributed by atoms with Crippen LogP contribution in [0.4, 0.5) is 0 Å². The number of thiophene rings is 1. The molecule has 1 aromatic carbocycles. The normalized spacial score (nSPS) is 12.2. The third-order valence-corrected chi connectivity index (χ3v) is 4.64. The van der Waals surface area contributed by atoms with Crippen LogP contribution in [0, 0.1) is 0 Å². The Labute approximate surface area is 132 Å². The van der Waals surface area contributed by atoms with E-state index in [2.05, 4.69) is 45.7 Å². The standard InChI is InChI=1S/C15H18BrNO2S/c1-4-17-14(15-13(19-3)7-8-20-15)10-5-6-12(18-2)11(16)9-10/h5-9,14,17H,4H2,1-3H3. The molecule has 0 aliphatic rings. The molecule has 0 amide bonds. The monoisotopic (exact) mass is 355 g/mol. The number of nitrogens with one attached hydrogen (secondary N) is 1. The first-order valence-corrected chi connectivity index (χ1v) is 8.06. The molecule has 1 N–H and O–H groups in total. The number of benzene rings is 1. The Morgan fingerprint density at radius 3 is 2.55 bits per heavy atom. The largest absolute Gasteiger partial charge is 0.496 e. The van der Waals surface area contributed by atoms with Gasteiger partial charge in [-0.05, 0) is 51.6 Å². The summed E-state index contributed by atoms with van der Waals surface area (Å²) in [7, 11) is 3.38. The molecular formula is C15H18BrNO2S. The minimum absolute atomic E-state index is 0.122. The van der Waals surface area contributed by atoms with Crippen LogP contribution in [0.25, 0.3) is 0 Å². The third kappa shape index (κ3) is 3.16. The van der Waals surface area contributed by atoms with Crippen LogP contribution >= 0.6 is 27.3 Å². The number of methoxy groups -OCH3 is 2. The van der Waals surface area contributed by atoms with E-state index in [1.165, 1.54) is 10.4 Å². The summed E-state index contributed by atoms with van der Waals surface area (Å²) in [4.78, 5) is 1.19. The summed E-state index contributed by atoms with van der Waals surface area (Å²) in [6, 6.07) is 8.27. The average Bonchev–Trinajstić information content (AvgIpc) is 2.92. The second-order valence-corrected chi connectivity index (χ2v) is 6.04. The minimum atomic E-state index is 0.122. The van der Waals surface area contributed by atoms with Crippen molar-refractivity contribution in [3.8, 4) is 11.5 Å². The van der Waals surface area contributed by atoms with E-state index in [0.717, 1.165) is 22.5 Å². The SMILES string of the molecule is CCNC(c1ccc(OC)c(Br)c1)c1sccc1OC. The van der Waals surface area contributed by atoms with Gasteiger partial charge in [-0.3, -0.25) is 0 Å². The Kier molecular flexibility index (Phi) is 5.46. The van der Waals surface area contributed by atoms with E-state index in [0.29, 0.717) is 0 Å². The lowest BCUT2D eigenvalue weighted by Crippen LogP contribution is -2.21. The number of ether oxygens (including phenoxy) is 2. The molecule has 0 fully saturated rings. The van der Waals surface area contributed by atoms with Crippen LogP contribution in [0.2, 0.25) is 0 Å². The summed E-state index contributed by atoms with van der Waals surface area (Å²) >= 11 is 5.24. The summed E-state index contributed by atoms with van der Waals surface area (Å²) < 4.78 is 11.7. The highest BCUT2D eigenvalue weighted by Gasteiger charge is 2.19. The van der Waals surface area contributed by atoms with E-state index in [4.69, 9.17) is 9.47 Å². The van der Waals surface area contributed by atoms with Crippen molar-refractivity contribution in [1.82, 2.24) is 5.32 Å². The summed E-state index contributed by atoms with van der Waals surface area (Å²) in [5.41, 5.74) is 1.18. The average molecular weight is 356 g/mol. The fraction of sp³-hybridized carbons (Fsp3) is 0.333. The van der Waals surface area contributed by atoms with Crippen LogP contribution in [0.1, 0.15) is 23.4 Å². The van der Waals surface area contributed by atoms with Gasteiger partial charge in [-0.15, -0.1) is 11.3 Å². The quantitative estimate of drug-likeness (QED) is 0.840. The molecule has 0 bridgehead atoms. The molecule has 1 aromatic heterocycles. The number of halogens is 1. The fourth-order valence-corrected chi connectivity index (χ4v) is 3.64. The Hall–Kier alpha value is -1.04. The smallest absolute Gasteiger partial charge is 0.134 e. The Morgan fingerprint density at radius 1 is 1.20 bits per heavy atom. The highest BCUT2D eigenvalue weighted by atomic mass is 79.9. The molecule has 5 heteroatoms. The van der Waals surface area contributed by atoms with Crippen LogP contribution in [0.3, 0.4) is 0 Å². The molecule has 20 heavy (non-hydrogen) atoms. The fourth-order valence-electron chi connectivity index (χ4n) is 2.12. The Balaban J connectivity index is 2.40. The van der Waals surface area contributed by atoms with Crippen molar-refractivity contribution in [2.75, 3.05) is 20.8 Å². The first-order chi connectivity index (χ1) is 9.71. The molecule has 108 valence electrons. The molecule has 0 radical (unpaired) electrons. The highest BCUT2D eigenvalue weighted by molar-refractivity contribution is 9.10. The van der Waals surface area contributed by atoms with Gasteiger partial charge in [-0.1, -0.05) is 13.0 Å². The molecule has 2 rings (SSSR count). The van der Waals surface area contributed by atoms with Crippen molar-refractivity contribution < 1.29 is 9.47 Å². The molecule has 0 aliphatic carbocycles. The van der Waals surface area contributed by atoms with Crippen LogP contribution in [-0.2, 0) is 0 Å². The van der Waals surface area contributed by atoms with Gasteiger partial charge < -0.3 is 14.8 Å². The van der Waals surface area contributed by atoms with Crippen LogP contribution in [0.5, 0.6) is 11.5 Å². The molecule has 1 unspecified atom stereocenters. The maximum absolute atomic E-state index is 5.44. The number of hydrogen-bond donors (Lipinski definition) is 1. The second kappa shape index (κ2) is 7.11. The van der Waals surface area contributed by atoms with Gasteiger partial charge in [0, 0.05) is 0 Å². The predicted octanol–water partition coefficient (Wildman–Crippen LogP) is 4.23.